The number of thioether (sulfide) groups is 1. The Balaban J connectivity index is 1.29. The number of nitrogens with zero attached hydrogens (tertiary/aromatic N) is 3. The average molecular weight is 427 g/mol. The van der Waals surface area contributed by atoms with Crippen LogP contribution in [0.4, 0.5) is 5.69 Å². The van der Waals surface area contributed by atoms with E-state index in [4.69, 9.17) is 4.74 Å². The van der Waals surface area contributed by atoms with Gasteiger partial charge in [-0.1, -0.05) is 30.0 Å². The molecule has 1 aliphatic heterocycles. The Bertz CT molecular complexity index is 995. The SMILES string of the molecule is Cc1cc(N2CCOCC2)ccc1/C=N/NC(=O)CSc1nc2ccccc2s1. The van der Waals surface area contributed by atoms with E-state index in [1.54, 1.807) is 17.6 Å². The number of benzene rings is 2. The van der Waals surface area contributed by atoms with Crippen LogP contribution in [0.25, 0.3) is 10.2 Å². The maximum absolute atomic E-state index is 12.1. The first-order chi connectivity index (χ1) is 14.2. The van der Waals surface area contributed by atoms with Crippen LogP contribution in [0.15, 0.2) is 51.9 Å². The van der Waals surface area contributed by atoms with Gasteiger partial charge in [-0.15, -0.1) is 11.3 Å². The summed E-state index contributed by atoms with van der Waals surface area (Å²) >= 11 is 3.02. The van der Waals surface area contributed by atoms with E-state index in [-0.39, 0.29) is 11.7 Å². The molecule has 4 rings (SSSR count). The topological polar surface area (TPSA) is 66.8 Å². The fourth-order valence-electron chi connectivity index (χ4n) is 3.07. The molecule has 1 aromatic heterocycles. The zero-order chi connectivity index (χ0) is 20.1. The number of nitrogens with one attached hydrogen (secondary N) is 1. The number of hydrogen-bond donors (Lipinski definition) is 1. The summed E-state index contributed by atoms with van der Waals surface area (Å²) in [5.74, 6) is 0.139. The van der Waals surface area contributed by atoms with E-state index < -0.39 is 0 Å². The molecule has 2 aromatic carbocycles. The Kier molecular flexibility index (Phi) is 6.43. The molecule has 3 aromatic rings. The minimum atomic E-state index is -0.145. The molecule has 150 valence electrons. The third-order valence-electron chi connectivity index (χ3n) is 4.62. The first kappa shape index (κ1) is 19.9. The molecule has 1 saturated heterocycles. The summed E-state index contributed by atoms with van der Waals surface area (Å²) in [6.45, 7) is 5.41. The number of para-hydroxylation sites is 1. The van der Waals surface area contributed by atoms with Gasteiger partial charge in [0.05, 0.1) is 35.4 Å². The Morgan fingerprint density at radius 2 is 2.14 bits per heavy atom. The first-order valence-corrected chi connectivity index (χ1v) is 11.2. The fourth-order valence-corrected chi connectivity index (χ4v) is 4.93. The van der Waals surface area contributed by atoms with Gasteiger partial charge in [-0.25, -0.2) is 10.4 Å². The summed E-state index contributed by atoms with van der Waals surface area (Å²) in [6, 6.07) is 14.2. The van der Waals surface area contributed by atoms with Crippen molar-refractivity contribution in [1.82, 2.24) is 10.4 Å². The van der Waals surface area contributed by atoms with E-state index in [0.29, 0.717) is 0 Å². The highest BCUT2D eigenvalue weighted by Crippen LogP contribution is 2.29. The standard InChI is InChI=1S/C21H22N4O2S2/c1-15-12-17(25-8-10-27-11-9-25)7-6-16(15)13-22-24-20(26)14-28-21-23-18-4-2-3-5-19(18)29-21/h2-7,12-13H,8-11,14H2,1H3,(H,24,26)/b22-13+. The number of hydrogen-bond acceptors (Lipinski definition) is 7. The van der Waals surface area contributed by atoms with E-state index >= 15 is 0 Å². The number of fused-ring (bicyclic) bond motifs is 1. The lowest BCUT2D eigenvalue weighted by Crippen LogP contribution is -2.36. The van der Waals surface area contributed by atoms with Gasteiger partial charge in [0, 0.05) is 18.8 Å². The van der Waals surface area contributed by atoms with Gasteiger partial charge in [0.15, 0.2) is 4.34 Å². The normalized spacial score (nSPS) is 14.6. The molecular weight excluding hydrogens is 404 g/mol. The summed E-state index contributed by atoms with van der Waals surface area (Å²) < 4.78 is 7.42. The van der Waals surface area contributed by atoms with Crippen molar-refractivity contribution in [2.75, 3.05) is 37.0 Å². The van der Waals surface area contributed by atoms with Gasteiger partial charge < -0.3 is 9.64 Å². The highest BCUT2D eigenvalue weighted by molar-refractivity contribution is 8.01. The molecular formula is C21H22N4O2S2. The highest BCUT2D eigenvalue weighted by atomic mass is 32.2. The van der Waals surface area contributed by atoms with Gasteiger partial charge in [0.25, 0.3) is 5.91 Å². The lowest BCUT2D eigenvalue weighted by Gasteiger charge is -2.29. The van der Waals surface area contributed by atoms with Crippen LogP contribution < -0.4 is 10.3 Å². The van der Waals surface area contributed by atoms with Crippen LogP contribution >= 0.6 is 23.1 Å². The van der Waals surface area contributed by atoms with Gasteiger partial charge in [-0.3, -0.25) is 4.79 Å². The minimum Gasteiger partial charge on any atom is -0.378 e. The van der Waals surface area contributed by atoms with Gasteiger partial charge in [-0.05, 0) is 42.3 Å². The third-order valence-corrected chi connectivity index (χ3v) is 6.80. The number of morpholine rings is 1. The number of rotatable bonds is 6. The van der Waals surface area contributed by atoms with Crippen molar-refractivity contribution in [3.63, 3.8) is 0 Å². The molecule has 0 radical (unpaired) electrons. The van der Waals surface area contributed by atoms with Gasteiger partial charge in [0.1, 0.15) is 0 Å². The lowest BCUT2D eigenvalue weighted by atomic mass is 10.1. The van der Waals surface area contributed by atoms with Gasteiger partial charge >= 0.3 is 0 Å². The number of carbonyl (C=O) groups excluding carboxylic acids is 1. The molecule has 6 nitrogen and oxygen atoms in total. The van der Waals surface area contributed by atoms with Crippen LogP contribution in [-0.4, -0.2) is 49.2 Å². The minimum absolute atomic E-state index is 0.145. The van der Waals surface area contributed by atoms with Gasteiger partial charge in [-0.2, -0.15) is 5.10 Å². The molecule has 1 N–H and O–H groups in total. The van der Waals surface area contributed by atoms with Crippen molar-refractivity contribution in [3.05, 3.63) is 53.6 Å². The molecule has 0 saturated carbocycles. The third kappa shape index (κ3) is 5.14. The van der Waals surface area contributed by atoms with Crippen molar-refractivity contribution in [1.29, 1.82) is 0 Å². The van der Waals surface area contributed by atoms with Crippen LogP contribution in [0.1, 0.15) is 11.1 Å². The van der Waals surface area contributed by atoms with Crippen molar-refractivity contribution in [2.45, 2.75) is 11.3 Å². The Morgan fingerprint density at radius 3 is 2.93 bits per heavy atom. The predicted octanol–water partition coefficient (Wildman–Crippen LogP) is 3.68. The summed E-state index contributed by atoms with van der Waals surface area (Å²) in [4.78, 5) is 18.9. The summed E-state index contributed by atoms with van der Waals surface area (Å²) in [5.41, 5.74) is 6.87. The molecule has 2 heterocycles. The van der Waals surface area contributed by atoms with Crippen LogP contribution in [0.3, 0.4) is 0 Å². The van der Waals surface area contributed by atoms with E-state index in [0.717, 1.165) is 52.0 Å². The number of aromatic nitrogens is 1. The van der Waals surface area contributed by atoms with E-state index in [1.165, 1.54) is 17.4 Å². The molecule has 29 heavy (non-hydrogen) atoms. The first-order valence-electron chi connectivity index (χ1n) is 9.43. The second-order valence-corrected chi connectivity index (χ2v) is 8.92. The van der Waals surface area contributed by atoms with Crippen LogP contribution in [0.2, 0.25) is 0 Å². The number of thiazole rings is 1. The Morgan fingerprint density at radius 1 is 1.31 bits per heavy atom. The van der Waals surface area contributed by atoms with Crippen LogP contribution in [-0.2, 0) is 9.53 Å². The number of aryl methyl sites for hydroxylation is 1. The number of amides is 1. The van der Waals surface area contributed by atoms with Crippen molar-refractivity contribution >= 4 is 51.1 Å². The van der Waals surface area contributed by atoms with E-state index in [2.05, 4.69) is 39.5 Å². The summed E-state index contributed by atoms with van der Waals surface area (Å²) in [7, 11) is 0. The second kappa shape index (κ2) is 9.39. The second-order valence-electron chi connectivity index (χ2n) is 6.67. The average Bonchev–Trinajstić information content (AvgIpc) is 3.17. The zero-order valence-corrected chi connectivity index (χ0v) is 17.8. The molecule has 0 spiro atoms. The molecule has 1 fully saturated rings. The Hall–Kier alpha value is -2.42. The molecule has 1 amide bonds. The molecule has 1 aliphatic rings. The molecule has 0 unspecified atom stereocenters. The van der Waals surface area contributed by atoms with E-state index in [1.807, 2.05) is 30.3 Å². The van der Waals surface area contributed by atoms with Gasteiger partial charge in [0.2, 0.25) is 0 Å². The highest BCUT2D eigenvalue weighted by Gasteiger charge is 2.12. The molecule has 8 heteroatoms. The Labute approximate surface area is 178 Å². The number of anilines is 1. The maximum atomic E-state index is 12.1. The zero-order valence-electron chi connectivity index (χ0n) is 16.1. The van der Waals surface area contributed by atoms with E-state index in [9.17, 15) is 4.79 Å². The summed E-state index contributed by atoms with van der Waals surface area (Å²) in [5, 5.41) is 4.11. The molecule has 0 atom stereocenters. The quantitative estimate of drug-likeness (QED) is 0.370. The maximum Gasteiger partial charge on any atom is 0.250 e. The number of carbonyl (C=O) groups is 1. The fraction of sp³-hybridized carbons (Fsp3) is 0.286. The van der Waals surface area contributed by atoms with Crippen LogP contribution in [0.5, 0.6) is 0 Å². The van der Waals surface area contributed by atoms with Crippen molar-refractivity contribution in [2.24, 2.45) is 5.10 Å². The lowest BCUT2D eigenvalue weighted by molar-refractivity contribution is -0.118. The van der Waals surface area contributed by atoms with Crippen molar-refractivity contribution < 1.29 is 9.53 Å². The molecule has 0 bridgehead atoms. The number of hydrazone groups is 1. The number of ether oxygens (including phenoxy) is 1. The smallest absolute Gasteiger partial charge is 0.250 e. The largest absolute Gasteiger partial charge is 0.378 e. The van der Waals surface area contributed by atoms with Crippen LogP contribution in [0, 0.1) is 6.92 Å². The van der Waals surface area contributed by atoms with Crippen molar-refractivity contribution in [3.8, 4) is 0 Å². The monoisotopic (exact) mass is 426 g/mol. The predicted molar refractivity (Wildman–Crippen MR) is 120 cm³/mol. The molecule has 0 aliphatic carbocycles. The summed E-state index contributed by atoms with van der Waals surface area (Å²) in [6.07, 6.45) is 1.69.